The van der Waals surface area contributed by atoms with Crippen molar-refractivity contribution in [3.8, 4) is 0 Å². The Hall–Kier alpha value is -2.66. The van der Waals surface area contributed by atoms with Gasteiger partial charge in [0.15, 0.2) is 0 Å². The van der Waals surface area contributed by atoms with Gasteiger partial charge in [-0.2, -0.15) is 0 Å². The van der Waals surface area contributed by atoms with Crippen molar-refractivity contribution in [2.24, 2.45) is 5.92 Å². The van der Waals surface area contributed by atoms with E-state index in [9.17, 15) is 9.13 Å². The lowest BCUT2D eigenvalue weighted by Crippen LogP contribution is -2.25. The summed E-state index contributed by atoms with van der Waals surface area (Å²) >= 11 is 0. The van der Waals surface area contributed by atoms with Gasteiger partial charge in [-0.05, 0) is 25.2 Å². The first-order valence-electron chi connectivity index (χ1n) is 12.0. The van der Waals surface area contributed by atoms with E-state index in [1.165, 1.54) is 0 Å². The van der Waals surface area contributed by atoms with Crippen LogP contribution in [0.1, 0.15) is 19.3 Å². The van der Waals surface area contributed by atoms with Crippen LogP contribution in [0.25, 0.3) is 0 Å². The molecule has 0 saturated heterocycles. The molecular formula is C30H30O2P2. The average Bonchev–Trinajstić information content (AvgIpc) is 3.39. The molecule has 1 aliphatic rings. The van der Waals surface area contributed by atoms with Gasteiger partial charge in [-0.3, -0.25) is 0 Å². The summed E-state index contributed by atoms with van der Waals surface area (Å²) in [5.74, 6) is 0.275. The fourth-order valence-corrected chi connectivity index (χ4v) is 12.0. The Balaban J connectivity index is 1.48. The summed E-state index contributed by atoms with van der Waals surface area (Å²) in [6, 6.07) is 39.8. The van der Waals surface area contributed by atoms with E-state index in [0.717, 1.165) is 40.5 Å². The van der Waals surface area contributed by atoms with Crippen LogP contribution in [-0.2, 0) is 9.13 Å². The highest BCUT2D eigenvalue weighted by atomic mass is 31.2. The van der Waals surface area contributed by atoms with Crippen LogP contribution in [0.3, 0.4) is 0 Å². The van der Waals surface area contributed by atoms with Gasteiger partial charge in [0.1, 0.15) is 14.3 Å². The van der Waals surface area contributed by atoms with Crippen LogP contribution in [-0.4, -0.2) is 11.8 Å². The Morgan fingerprint density at radius 2 is 0.912 bits per heavy atom. The third-order valence-electron chi connectivity index (χ3n) is 7.17. The summed E-state index contributed by atoms with van der Waals surface area (Å²) in [5, 5.41) is 3.69. The van der Waals surface area contributed by atoms with E-state index in [1.807, 2.05) is 121 Å². The molecule has 0 aliphatic heterocycles. The lowest BCUT2D eigenvalue weighted by molar-refractivity contribution is 0.557. The smallest absolute Gasteiger partial charge is 0.146 e. The molecule has 1 aliphatic carbocycles. The minimum atomic E-state index is -2.81. The fourth-order valence-electron chi connectivity index (χ4n) is 5.48. The average molecular weight is 485 g/mol. The summed E-state index contributed by atoms with van der Waals surface area (Å²) < 4.78 is 29.4. The van der Waals surface area contributed by atoms with Crippen molar-refractivity contribution in [3.05, 3.63) is 121 Å². The zero-order valence-corrected chi connectivity index (χ0v) is 21.0. The molecule has 0 spiro atoms. The number of benzene rings is 4. The quantitative estimate of drug-likeness (QED) is 0.294. The van der Waals surface area contributed by atoms with Gasteiger partial charge in [0.05, 0.1) is 0 Å². The van der Waals surface area contributed by atoms with Crippen molar-refractivity contribution < 1.29 is 9.13 Å². The molecule has 0 amide bonds. The van der Waals surface area contributed by atoms with E-state index >= 15 is 0 Å². The standard InChI is InChI=1S/C30H30O2P2/c31-33(26-13-5-1-6-14-26,27-15-7-2-8-16-27)24-25-21-22-30(23-25)34(32,28-17-9-3-10-18-28)29-19-11-4-12-20-29/h1-20,25,30H,21-24H2/t25-,30-/m1/s1. The molecular weight excluding hydrogens is 454 g/mol. The third-order valence-corrected chi connectivity index (χ3v) is 14.1. The molecule has 0 radical (unpaired) electrons. The van der Waals surface area contributed by atoms with E-state index in [4.69, 9.17) is 0 Å². The summed E-state index contributed by atoms with van der Waals surface area (Å²) in [5.41, 5.74) is 0.0716. The summed E-state index contributed by atoms with van der Waals surface area (Å²) in [4.78, 5) is 0. The topological polar surface area (TPSA) is 34.1 Å². The van der Waals surface area contributed by atoms with Gasteiger partial charge in [-0.15, -0.1) is 0 Å². The molecule has 172 valence electrons. The van der Waals surface area contributed by atoms with Crippen molar-refractivity contribution in [2.45, 2.75) is 24.9 Å². The Morgan fingerprint density at radius 3 is 1.32 bits per heavy atom. The zero-order chi connectivity index (χ0) is 23.4. The van der Waals surface area contributed by atoms with Gasteiger partial charge in [0.2, 0.25) is 0 Å². The van der Waals surface area contributed by atoms with Crippen LogP contribution >= 0.6 is 14.3 Å². The number of hydrogen-bond donors (Lipinski definition) is 0. The molecule has 0 unspecified atom stereocenters. The molecule has 0 N–H and O–H groups in total. The van der Waals surface area contributed by atoms with Gasteiger partial charge in [0.25, 0.3) is 0 Å². The molecule has 1 saturated carbocycles. The highest BCUT2D eigenvalue weighted by Crippen LogP contribution is 2.58. The predicted octanol–water partition coefficient (Wildman–Crippen LogP) is 6.18. The van der Waals surface area contributed by atoms with E-state index in [-0.39, 0.29) is 11.6 Å². The van der Waals surface area contributed by atoms with Crippen LogP contribution < -0.4 is 21.2 Å². The second kappa shape index (κ2) is 9.91. The Labute approximate surface area is 202 Å². The number of hydrogen-bond acceptors (Lipinski definition) is 2. The Kier molecular flexibility index (Phi) is 6.73. The molecule has 0 bridgehead atoms. The van der Waals surface area contributed by atoms with E-state index in [1.54, 1.807) is 0 Å². The van der Waals surface area contributed by atoms with Crippen molar-refractivity contribution in [3.63, 3.8) is 0 Å². The molecule has 2 atom stereocenters. The second-order valence-electron chi connectivity index (χ2n) is 9.26. The normalized spacial score (nSPS) is 18.6. The lowest BCUT2D eigenvalue weighted by Gasteiger charge is -2.27. The maximum atomic E-state index is 14.8. The summed E-state index contributed by atoms with van der Waals surface area (Å²) in [7, 11) is -5.59. The maximum absolute atomic E-state index is 14.8. The van der Waals surface area contributed by atoms with Crippen LogP contribution in [0.15, 0.2) is 121 Å². The minimum absolute atomic E-state index is 0.0716. The van der Waals surface area contributed by atoms with Crippen LogP contribution in [0.4, 0.5) is 0 Å². The summed E-state index contributed by atoms with van der Waals surface area (Å²) in [6.45, 7) is 0. The monoisotopic (exact) mass is 484 g/mol. The predicted molar refractivity (Wildman–Crippen MR) is 146 cm³/mol. The van der Waals surface area contributed by atoms with Crippen LogP contribution in [0.2, 0.25) is 0 Å². The molecule has 4 aromatic carbocycles. The molecule has 5 rings (SSSR count). The molecule has 4 heteroatoms. The SMILES string of the molecule is O=P(C[C@@H]1CC[C@@H](P(=O)(c2ccccc2)c2ccccc2)C1)(c1ccccc1)c1ccccc1. The van der Waals surface area contributed by atoms with Gasteiger partial charge >= 0.3 is 0 Å². The lowest BCUT2D eigenvalue weighted by atomic mass is 10.1. The third kappa shape index (κ3) is 4.38. The molecule has 0 aromatic heterocycles. The van der Waals surface area contributed by atoms with Gasteiger partial charge in [-0.25, -0.2) is 0 Å². The Bertz CT molecular complexity index is 1220. The van der Waals surface area contributed by atoms with Gasteiger partial charge in [-0.1, -0.05) is 121 Å². The first kappa shape index (κ1) is 23.1. The van der Waals surface area contributed by atoms with Crippen LogP contribution in [0, 0.1) is 5.92 Å². The Morgan fingerprint density at radius 1 is 0.529 bits per heavy atom. The largest absolute Gasteiger partial charge is 0.314 e. The molecule has 2 nitrogen and oxygen atoms in total. The summed E-state index contributed by atoms with van der Waals surface area (Å²) in [6.07, 6.45) is 3.32. The van der Waals surface area contributed by atoms with Crippen molar-refractivity contribution >= 4 is 35.5 Å². The minimum Gasteiger partial charge on any atom is -0.314 e. The van der Waals surface area contributed by atoms with Gasteiger partial charge < -0.3 is 9.13 Å². The van der Waals surface area contributed by atoms with E-state index in [2.05, 4.69) is 0 Å². The van der Waals surface area contributed by atoms with E-state index in [0.29, 0.717) is 6.16 Å². The van der Waals surface area contributed by atoms with Crippen molar-refractivity contribution in [2.75, 3.05) is 6.16 Å². The second-order valence-corrected chi connectivity index (χ2v) is 15.2. The molecule has 0 heterocycles. The van der Waals surface area contributed by atoms with Crippen molar-refractivity contribution in [1.82, 2.24) is 0 Å². The van der Waals surface area contributed by atoms with Gasteiger partial charge in [0, 0.05) is 33.0 Å². The number of rotatable bonds is 7. The maximum Gasteiger partial charge on any atom is 0.146 e. The zero-order valence-electron chi connectivity index (χ0n) is 19.2. The highest BCUT2D eigenvalue weighted by molar-refractivity contribution is 7.79. The van der Waals surface area contributed by atoms with Crippen LogP contribution in [0.5, 0.6) is 0 Å². The fraction of sp³-hybridized carbons (Fsp3) is 0.200. The molecule has 34 heavy (non-hydrogen) atoms. The first-order valence-corrected chi connectivity index (χ1v) is 15.7. The molecule has 1 fully saturated rings. The van der Waals surface area contributed by atoms with E-state index < -0.39 is 14.3 Å². The molecule has 4 aromatic rings. The highest BCUT2D eigenvalue weighted by Gasteiger charge is 2.43. The van der Waals surface area contributed by atoms with Crippen molar-refractivity contribution in [1.29, 1.82) is 0 Å². The first-order chi connectivity index (χ1) is 16.6.